The van der Waals surface area contributed by atoms with Gasteiger partial charge in [-0.3, -0.25) is 4.79 Å². The van der Waals surface area contributed by atoms with Crippen LogP contribution >= 0.6 is 12.4 Å². The number of fused-ring (bicyclic) bond motifs is 1. The molecule has 1 unspecified atom stereocenters. The second-order valence-electron chi connectivity index (χ2n) is 5.67. The number of hydrogen-bond donors (Lipinski definition) is 4. The first-order valence-corrected chi connectivity index (χ1v) is 7.86. The van der Waals surface area contributed by atoms with Crippen molar-refractivity contribution in [3.63, 3.8) is 0 Å². The van der Waals surface area contributed by atoms with Crippen LogP contribution in [0.2, 0.25) is 0 Å². The number of carbonyl (C=O) groups is 1. The largest absolute Gasteiger partial charge is 0.506 e. The molecule has 0 saturated carbocycles. The third kappa shape index (κ3) is 4.63. The summed E-state index contributed by atoms with van der Waals surface area (Å²) in [5.74, 6) is -0.0802. The fourth-order valence-corrected chi connectivity index (χ4v) is 2.67. The zero-order valence-electron chi connectivity index (χ0n) is 13.6. The van der Waals surface area contributed by atoms with Crippen LogP contribution in [0.5, 0.6) is 11.5 Å². The van der Waals surface area contributed by atoms with Gasteiger partial charge in [0.15, 0.2) is 12.4 Å². The maximum atomic E-state index is 11.4. The van der Waals surface area contributed by atoms with E-state index in [0.717, 1.165) is 13.0 Å². The van der Waals surface area contributed by atoms with E-state index in [1.165, 1.54) is 11.6 Å². The monoisotopic (exact) mass is 364 g/mol. The van der Waals surface area contributed by atoms with E-state index in [9.17, 15) is 15.0 Å². The molecule has 4 N–H and O–H groups in total. The van der Waals surface area contributed by atoms with Crippen molar-refractivity contribution in [1.29, 1.82) is 0 Å². The Labute approximate surface area is 152 Å². The van der Waals surface area contributed by atoms with Crippen molar-refractivity contribution in [2.75, 3.05) is 25.0 Å². The van der Waals surface area contributed by atoms with Gasteiger partial charge in [-0.25, -0.2) is 0 Å². The van der Waals surface area contributed by atoms with Gasteiger partial charge in [0, 0.05) is 12.1 Å². The summed E-state index contributed by atoms with van der Waals surface area (Å²) in [5.41, 5.74) is 1.98. The van der Waals surface area contributed by atoms with Gasteiger partial charge in [0.2, 0.25) is 0 Å². The first-order chi connectivity index (χ1) is 11.6. The molecule has 6 nitrogen and oxygen atoms in total. The van der Waals surface area contributed by atoms with Gasteiger partial charge in [-0.05, 0) is 30.7 Å². The lowest BCUT2D eigenvalue weighted by Crippen LogP contribution is -2.28. The highest BCUT2D eigenvalue weighted by Crippen LogP contribution is 2.41. The maximum absolute atomic E-state index is 11.4. The summed E-state index contributed by atoms with van der Waals surface area (Å²) in [7, 11) is 0. The van der Waals surface area contributed by atoms with Gasteiger partial charge in [0.05, 0.1) is 6.10 Å². The van der Waals surface area contributed by atoms with E-state index in [2.05, 4.69) is 22.8 Å². The van der Waals surface area contributed by atoms with Gasteiger partial charge in [-0.15, -0.1) is 12.4 Å². The number of carbonyl (C=O) groups excluding carboxylic acids is 1. The van der Waals surface area contributed by atoms with Crippen molar-refractivity contribution in [3.8, 4) is 11.5 Å². The van der Waals surface area contributed by atoms with E-state index in [1.54, 1.807) is 6.07 Å². The molecule has 1 aliphatic rings. The normalized spacial score (nSPS) is 13.9. The van der Waals surface area contributed by atoms with Gasteiger partial charge in [-0.1, -0.05) is 30.3 Å². The van der Waals surface area contributed by atoms with Crippen LogP contribution in [-0.2, 0) is 11.2 Å². The molecule has 1 heterocycles. The Kier molecular flexibility index (Phi) is 6.64. The third-order valence-corrected chi connectivity index (χ3v) is 3.91. The molecular weight excluding hydrogens is 344 g/mol. The summed E-state index contributed by atoms with van der Waals surface area (Å²) in [6.45, 7) is 0.956. The molecule has 1 aliphatic heterocycles. The third-order valence-electron chi connectivity index (χ3n) is 3.91. The zero-order chi connectivity index (χ0) is 16.9. The molecule has 25 heavy (non-hydrogen) atoms. The van der Waals surface area contributed by atoms with E-state index in [0.29, 0.717) is 17.9 Å². The summed E-state index contributed by atoms with van der Waals surface area (Å²) < 4.78 is 5.38. The topological polar surface area (TPSA) is 90.8 Å². The highest BCUT2D eigenvalue weighted by atomic mass is 35.5. The van der Waals surface area contributed by atoms with Gasteiger partial charge in [-0.2, -0.15) is 0 Å². The molecule has 134 valence electrons. The molecule has 0 bridgehead atoms. The number of phenolic OH excluding ortho intramolecular Hbond substituents is 1. The number of phenols is 1. The molecule has 2 aromatic rings. The molecule has 0 aromatic heterocycles. The standard InChI is InChI=1S/C18H20N2O4.ClH/c21-14-7-6-13(18-17(14)20-16(23)11-24-18)15(22)10-19-9-8-12-4-2-1-3-5-12;/h1-7,15,19,21-22H,8-11H2,(H,20,23);1H. The fourth-order valence-electron chi connectivity index (χ4n) is 2.67. The Balaban J connectivity index is 0.00000225. The van der Waals surface area contributed by atoms with E-state index >= 15 is 0 Å². The minimum Gasteiger partial charge on any atom is -0.506 e. The van der Waals surface area contributed by atoms with E-state index in [1.807, 2.05) is 18.2 Å². The summed E-state index contributed by atoms with van der Waals surface area (Å²) in [5, 5.41) is 26.0. The highest BCUT2D eigenvalue weighted by Gasteiger charge is 2.25. The Hall–Kier alpha value is -2.28. The van der Waals surface area contributed by atoms with Crippen LogP contribution in [0.25, 0.3) is 0 Å². The van der Waals surface area contributed by atoms with Crippen LogP contribution in [0.4, 0.5) is 5.69 Å². The summed E-state index contributed by atoms with van der Waals surface area (Å²) in [4.78, 5) is 11.4. The summed E-state index contributed by atoms with van der Waals surface area (Å²) >= 11 is 0. The van der Waals surface area contributed by atoms with Crippen molar-refractivity contribution in [3.05, 3.63) is 53.6 Å². The first-order valence-electron chi connectivity index (χ1n) is 7.86. The lowest BCUT2D eigenvalue weighted by atomic mass is 10.0. The summed E-state index contributed by atoms with van der Waals surface area (Å²) in [6, 6.07) is 13.1. The average molecular weight is 365 g/mol. The average Bonchev–Trinajstić information content (AvgIpc) is 2.60. The molecule has 2 aromatic carbocycles. The predicted octanol–water partition coefficient (Wildman–Crippen LogP) is 2.01. The van der Waals surface area contributed by atoms with E-state index in [4.69, 9.17) is 4.74 Å². The minimum absolute atomic E-state index is 0. The number of hydrogen-bond acceptors (Lipinski definition) is 5. The molecule has 0 saturated heterocycles. The van der Waals surface area contributed by atoms with Gasteiger partial charge < -0.3 is 25.6 Å². The number of benzene rings is 2. The number of amides is 1. The van der Waals surface area contributed by atoms with Crippen molar-refractivity contribution >= 4 is 24.0 Å². The lowest BCUT2D eigenvalue weighted by molar-refractivity contribution is -0.118. The molecule has 0 spiro atoms. The predicted molar refractivity (Wildman–Crippen MR) is 97.5 cm³/mol. The van der Waals surface area contributed by atoms with Crippen molar-refractivity contribution in [2.45, 2.75) is 12.5 Å². The van der Waals surface area contributed by atoms with E-state index < -0.39 is 6.10 Å². The molecule has 0 aliphatic carbocycles. The zero-order valence-corrected chi connectivity index (χ0v) is 14.4. The SMILES string of the molecule is Cl.O=C1COc2c(C(O)CNCCc3ccccc3)ccc(O)c2N1. The quantitative estimate of drug-likeness (QED) is 0.465. The number of aliphatic hydroxyl groups is 1. The highest BCUT2D eigenvalue weighted by molar-refractivity contribution is 5.97. The molecule has 1 amide bonds. The van der Waals surface area contributed by atoms with Crippen LogP contribution in [0.3, 0.4) is 0 Å². The number of aromatic hydroxyl groups is 1. The number of aliphatic hydroxyl groups excluding tert-OH is 1. The van der Waals surface area contributed by atoms with Crippen LogP contribution < -0.4 is 15.4 Å². The summed E-state index contributed by atoms with van der Waals surface area (Å²) in [6.07, 6.45) is 0.0680. The second kappa shape index (κ2) is 8.71. The Morgan fingerprint density at radius 1 is 1.20 bits per heavy atom. The Bertz CT molecular complexity index is 725. The number of nitrogens with one attached hydrogen (secondary N) is 2. The minimum atomic E-state index is -0.801. The Morgan fingerprint density at radius 2 is 1.96 bits per heavy atom. The van der Waals surface area contributed by atoms with Crippen LogP contribution in [0, 0.1) is 0 Å². The molecule has 0 fully saturated rings. The maximum Gasteiger partial charge on any atom is 0.262 e. The smallest absolute Gasteiger partial charge is 0.262 e. The van der Waals surface area contributed by atoms with Crippen molar-refractivity contribution in [2.24, 2.45) is 0 Å². The van der Waals surface area contributed by atoms with Crippen LogP contribution in [-0.4, -0.2) is 35.8 Å². The molecular formula is C18H21ClN2O4. The molecule has 1 atom stereocenters. The number of rotatable bonds is 6. The van der Waals surface area contributed by atoms with E-state index in [-0.39, 0.29) is 36.4 Å². The number of halogens is 1. The Morgan fingerprint density at radius 3 is 2.72 bits per heavy atom. The number of ether oxygens (including phenoxy) is 1. The molecule has 3 rings (SSSR count). The van der Waals surface area contributed by atoms with Gasteiger partial charge in [0.1, 0.15) is 11.4 Å². The van der Waals surface area contributed by atoms with Gasteiger partial charge >= 0.3 is 0 Å². The van der Waals surface area contributed by atoms with Crippen molar-refractivity contribution in [1.82, 2.24) is 5.32 Å². The fraction of sp³-hybridized carbons (Fsp3) is 0.278. The lowest BCUT2D eigenvalue weighted by Gasteiger charge is -2.23. The molecule has 0 radical (unpaired) electrons. The van der Waals surface area contributed by atoms with Crippen LogP contribution in [0.15, 0.2) is 42.5 Å². The van der Waals surface area contributed by atoms with Crippen LogP contribution in [0.1, 0.15) is 17.2 Å². The van der Waals surface area contributed by atoms with Gasteiger partial charge in [0.25, 0.3) is 5.91 Å². The van der Waals surface area contributed by atoms with Crippen molar-refractivity contribution < 1.29 is 19.7 Å². The number of anilines is 1. The first kappa shape index (κ1) is 19.1. The second-order valence-corrected chi connectivity index (χ2v) is 5.67. The molecule has 7 heteroatoms.